The zero-order valence-corrected chi connectivity index (χ0v) is 28.1. The summed E-state index contributed by atoms with van der Waals surface area (Å²) < 4.78 is 35.0. The molecule has 46 heavy (non-hydrogen) atoms. The fraction of sp³-hybridized carbons (Fsp3) is 0.278. The van der Waals surface area contributed by atoms with Crippen LogP contribution < -0.4 is 14.4 Å². The number of rotatable bonds is 14. The molecule has 0 heterocycles. The third-order valence-corrected chi connectivity index (χ3v) is 9.74. The van der Waals surface area contributed by atoms with Gasteiger partial charge in [0, 0.05) is 24.0 Å². The van der Waals surface area contributed by atoms with Crippen LogP contribution in [0.4, 0.5) is 5.69 Å². The summed E-state index contributed by atoms with van der Waals surface area (Å²) in [5.74, 6) is -0.669. The second-order valence-corrected chi connectivity index (χ2v) is 13.5. The van der Waals surface area contributed by atoms with Gasteiger partial charge in [-0.3, -0.25) is 13.9 Å². The lowest BCUT2D eigenvalue weighted by Gasteiger charge is -2.34. The van der Waals surface area contributed by atoms with E-state index in [1.807, 2.05) is 75.4 Å². The molecule has 2 amide bonds. The van der Waals surface area contributed by atoms with E-state index < -0.39 is 28.5 Å². The van der Waals surface area contributed by atoms with Gasteiger partial charge in [0.1, 0.15) is 18.3 Å². The fourth-order valence-corrected chi connectivity index (χ4v) is 6.70. The molecule has 0 radical (unpaired) electrons. The first-order chi connectivity index (χ1) is 22.0. The monoisotopic (exact) mass is 661 g/mol. The number of aryl methyl sites for hydroxylation is 1. The third kappa shape index (κ3) is 8.68. The molecular weight excluding hydrogens is 622 g/mol. The van der Waals surface area contributed by atoms with Gasteiger partial charge in [-0.1, -0.05) is 96.9 Å². The lowest BCUT2D eigenvalue weighted by molar-refractivity contribution is -0.140. The van der Waals surface area contributed by atoms with Crippen molar-refractivity contribution in [2.45, 2.75) is 57.1 Å². The van der Waals surface area contributed by atoms with Crippen LogP contribution in [0, 0.1) is 6.92 Å². The number of benzene rings is 4. The van der Waals surface area contributed by atoms with Crippen LogP contribution in [-0.2, 0) is 32.6 Å². The molecule has 2 unspecified atom stereocenters. The van der Waals surface area contributed by atoms with Crippen molar-refractivity contribution >= 4 is 39.1 Å². The Morgan fingerprint density at radius 2 is 1.54 bits per heavy atom. The van der Waals surface area contributed by atoms with Gasteiger partial charge in [0.2, 0.25) is 11.8 Å². The van der Waals surface area contributed by atoms with Crippen LogP contribution in [0.3, 0.4) is 0 Å². The number of ether oxygens (including phenoxy) is 1. The summed E-state index contributed by atoms with van der Waals surface area (Å²) in [6.45, 7) is 5.30. The zero-order valence-electron chi connectivity index (χ0n) is 26.5. The molecule has 8 nitrogen and oxygen atoms in total. The lowest BCUT2D eigenvalue weighted by Crippen LogP contribution is -2.54. The molecule has 4 rings (SSSR count). The van der Waals surface area contributed by atoms with E-state index in [0.29, 0.717) is 6.42 Å². The smallest absolute Gasteiger partial charge is 0.264 e. The minimum Gasteiger partial charge on any atom is -0.495 e. The van der Waals surface area contributed by atoms with Crippen LogP contribution in [-0.4, -0.2) is 50.9 Å². The minimum atomic E-state index is -4.29. The number of amides is 2. The van der Waals surface area contributed by atoms with Crippen molar-refractivity contribution in [3.63, 3.8) is 0 Å². The maximum Gasteiger partial charge on any atom is 0.264 e. The van der Waals surface area contributed by atoms with Gasteiger partial charge in [0.25, 0.3) is 10.0 Å². The predicted octanol–water partition coefficient (Wildman–Crippen LogP) is 6.41. The van der Waals surface area contributed by atoms with E-state index in [0.717, 1.165) is 21.0 Å². The van der Waals surface area contributed by atoms with Gasteiger partial charge in [-0.25, -0.2) is 8.42 Å². The molecule has 0 bridgehead atoms. The van der Waals surface area contributed by atoms with E-state index in [9.17, 15) is 18.0 Å². The van der Waals surface area contributed by atoms with Crippen LogP contribution in [0.5, 0.6) is 5.75 Å². The van der Waals surface area contributed by atoms with Crippen LogP contribution in [0.25, 0.3) is 0 Å². The summed E-state index contributed by atoms with van der Waals surface area (Å²) in [6.07, 6.45) is 0.930. The summed E-state index contributed by atoms with van der Waals surface area (Å²) in [4.78, 5) is 30.1. The maximum absolute atomic E-state index is 14.6. The molecule has 0 aromatic heterocycles. The number of nitrogens with one attached hydrogen (secondary N) is 1. The van der Waals surface area contributed by atoms with Crippen molar-refractivity contribution in [1.82, 2.24) is 10.2 Å². The van der Waals surface area contributed by atoms with Gasteiger partial charge in [-0.05, 0) is 61.7 Å². The van der Waals surface area contributed by atoms with E-state index in [1.165, 1.54) is 30.2 Å². The maximum atomic E-state index is 14.6. The van der Waals surface area contributed by atoms with Crippen molar-refractivity contribution < 1.29 is 22.7 Å². The highest BCUT2D eigenvalue weighted by Crippen LogP contribution is 2.35. The van der Waals surface area contributed by atoms with E-state index in [4.69, 9.17) is 16.3 Å². The first-order valence-corrected chi connectivity index (χ1v) is 17.0. The van der Waals surface area contributed by atoms with Gasteiger partial charge < -0.3 is 15.0 Å². The molecule has 4 aromatic rings. The van der Waals surface area contributed by atoms with Crippen molar-refractivity contribution in [2.24, 2.45) is 0 Å². The second kappa shape index (κ2) is 15.8. The molecule has 0 aliphatic rings. The summed E-state index contributed by atoms with van der Waals surface area (Å²) in [6, 6.07) is 28.5. The Hall–Kier alpha value is -4.34. The quantitative estimate of drug-likeness (QED) is 0.169. The average molecular weight is 662 g/mol. The summed E-state index contributed by atoms with van der Waals surface area (Å²) >= 11 is 6.35. The van der Waals surface area contributed by atoms with Gasteiger partial charge in [0.05, 0.1) is 17.7 Å². The molecule has 0 aliphatic heterocycles. The highest BCUT2D eigenvalue weighted by atomic mass is 35.5. The van der Waals surface area contributed by atoms with Crippen LogP contribution in [0.15, 0.2) is 108 Å². The fourth-order valence-electron chi connectivity index (χ4n) is 5.09. The molecule has 2 atom stereocenters. The number of anilines is 1. The molecule has 242 valence electrons. The molecule has 1 N–H and O–H groups in total. The van der Waals surface area contributed by atoms with Crippen LogP contribution in [0.2, 0.25) is 5.02 Å². The summed E-state index contributed by atoms with van der Waals surface area (Å²) in [5, 5.41) is 3.31. The number of halogens is 1. The van der Waals surface area contributed by atoms with Gasteiger partial charge >= 0.3 is 0 Å². The Morgan fingerprint density at radius 3 is 2.17 bits per heavy atom. The number of nitrogens with zero attached hydrogens (tertiary/aromatic N) is 2. The molecule has 10 heteroatoms. The Morgan fingerprint density at radius 1 is 0.891 bits per heavy atom. The molecule has 4 aromatic carbocycles. The summed E-state index contributed by atoms with van der Waals surface area (Å²) in [7, 11) is -2.88. The summed E-state index contributed by atoms with van der Waals surface area (Å²) in [5.41, 5.74) is 2.76. The molecule has 0 aliphatic carbocycles. The number of methoxy groups -OCH3 is 1. The first kappa shape index (κ1) is 34.5. The standard InChI is InChI=1S/C36H40ClN3O5S/c1-5-27(3)38-36(42)33(22-28-14-8-6-9-15-28)39(24-29-16-12-13-26(2)21-29)35(41)25-40(32-23-30(37)19-20-34(32)45-4)46(43,44)31-17-10-7-11-18-31/h6-21,23,27,33H,5,22,24-25H2,1-4H3,(H,38,42). The Kier molecular flexibility index (Phi) is 11.8. The molecule has 0 spiro atoms. The van der Waals surface area contributed by atoms with Crippen LogP contribution in [0.1, 0.15) is 37.0 Å². The topological polar surface area (TPSA) is 96.0 Å². The number of hydrogen-bond acceptors (Lipinski definition) is 5. The Balaban J connectivity index is 1.85. The predicted molar refractivity (Wildman–Crippen MR) is 183 cm³/mol. The number of carbonyl (C=O) groups is 2. The zero-order chi connectivity index (χ0) is 33.3. The number of sulfonamides is 1. The SMILES string of the molecule is CCC(C)NC(=O)C(Cc1ccccc1)N(Cc1cccc(C)c1)C(=O)CN(c1cc(Cl)ccc1OC)S(=O)(=O)c1ccccc1. The van der Waals surface area contributed by atoms with E-state index in [2.05, 4.69) is 5.32 Å². The second-order valence-electron chi connectivity index (χ2n) is 11.2. The van der Waals surface area contributed by atoms with Gasteiger partial charge in [-0.15, -0.1) is 0 Å². The third-order valence-electron chi connectivity index (χ3n) is 7.73. The van der Waals surface area contributed by atoms with Crippen molar-refractivity contribution in [2.75, 3.05) is 18.0 Å². The van der Waals surface area contributed by atoms with Crippen molar-refractivity contribution in [1.29, 1.82) is 0 Å². The Bertz CT molecular complexity index is 1740. The lowest BCUT2D eigenvalue weighted by atomic mass is 10.0. The highest BCUT2D eigenvalue weighted by molar-refractivity contribution is 7.92. The van der Waals surface area contributed by atoms with Crippen molar-refractivity contribution in [3.8, 4) is 5.75 Å². The highest BCUT2D eigenvalue weighted by Gasteiger charge is 2.36. The minimum absolute atomic E-state index is 0.00888. The van der Waals surface area contributed by atoms with Gasteiger partial charge in [0.15, 0.2) is 0 Å². The average Bonchev–Trinajstić information content (AvgIpc) is 3.05. The molecule has 0 saturated carbocycles. The van der Waals surface area contributed by atoms with Crippen molar-refractivity contribution in [3.05, 3.63) is 125 Å². The first-order valence-electron chi connectivity index (χ1n) is 15.1. The number of hydrogen-bond donors (Lipinski definition) is 1. The Labute approximate surface area is 277 Å². The molecule has 0 saturated heterocycles. The number of carbonyl (C=O) groups excluding carboxylic acids is 2. The molecular formula is C36H40ClN3O5S. The normalized spacial score (nSPS) is 12.5. The van der Waals surface area contributed by atoms with Crippen LogP contribution >= 0.6 is 11.6 Å². The largest absolute Gasteiger partial charge is 0.495 e. The van der Waals surface area contributed by atoms with E-state index in [1.54, 1.807) is 30.3 Å². The van der Waals surface area contributed by atoms with Gasteiger partial charge in [-0.2, -0.15) is 0 Å². The van der Waals surface area contributed by atoms with E-state index >= 15 is 0 Å². The molecule has 0 fully saturated rings. The van der Waals surface area contributed by atoms with E-state index in [-0.39, 0.29) is 46.3 Å².